The lowest BCUT2D eigenvalue weighted by atomic mass is 9.93. The van der Waals surface area contributed by atoms with Gasteiger partial charge in [-0.25, -0.2) is 9.78 Å². The predicted octanol–water partition coefficient (Wildman–Crippen LogP) is 5.53. The van der Waals surface area contributed by atoms with Crippen molar-refractivity contribution in [3.05, 3.63) is 87.4 Å². The van der Waals surface area contributed by atoms with E-state index in [4.69, 9.17) is 19.2 Å². The molecule has 0 amide bonds. The van der Waals surface area contributed by atoms with Gasteiger partial charge in [-0.2, -0.15) is 9.78 Å². The van der Waals surface area contributed by atoms with Gasteiger partial charge in [0.1, 0.15) is 17.9 Å². The smallest absolute Gasteiger partial charge is 0.342 e. The van der Waals surface area contributed by atoms with Crippen molar-refractivity contribution < 1.29 is 24.1 Å². The Kier molecular flexibility index (Phi) is 8.63. The number of aromatic carboxylic acids is 1. The summed E-state index contributed by atoms with van der Waals surface area (Å²) < 4.78 is 19.3. The summed E-state index contributed by atoms with van der Waals surface area (Å²) in [5.74, 6) is 0.353. The van der Waals surface area contributed by atoms with Crippen LogP contribution in [0.15, 0.2) is 53.9 Å². The Morgan fingerprint density at radius 3 is 2.79 bits per heavy atom. The minimum atomic E-state index is -1.10. The molecule has 4 heterocycles. The first-order valence-electron chi connectivity index (χ1n) is 15.2. The van der Waals surface area contributed by atoms with E-state index < -0.39 is 5.97 Å². The summed E-state index contributed by atoms with van der Waals surface area (Å²) in [5.41, 5.74) is 8.30. The summed E-state index contributed by atoms with van der Waals surface area (Å²) in [6, 6.07) is 10.1. The number of aromatic nitrogens is 3. The molecule has 0 spiro atoms. The minimum absolute atomic E-state index is 0.0157. The van der Waals surface area contributed by atoms with Gasteiger partial charge < -0.3 is 24.2 Å². The lowest BCUT2D eigenvalue weighted by Gasteiger charge is -2.23. The number of allylic oxidation sites excluding steroid dienone is 3. The van der Waals surface area contributed by atoms with E-state index in [0.717, 1.165) is 69.0 Å². The fourth-order valence-corrected chi connectivity index (χ4v) is 6.49. The number of carboxylic acid groups (broad SMARTS) is 1. The average Bonchev–Trinajstić information content (AvgIpc) is 3.64. The van der Waals surface area contributed by atoms with Crippen molar-refractivity contribution in [3.63, 3.8) is 0 Å². The molecule has 0 bridgehead atoms. The second-order valence-electron chi connectivity index (χ2n) is 11.6. The summed E-state index contributed by atoms with van der Waals surface area (Å²) in [6.07, 6.45) is 10.1. The van der Waals surface area contributed by atoms with Gasteiger partial charge in [0.2, 0.25) is 5.88 Å². The van der Waals surface area contributed by atoms with Crippen LogP contribution in [0.2, 0.25) is 0 Å². The number of carboxylic acids is 1. The molecule has 9 heteroatoms. The monoisotopic (exact) mass is 584 g/mol. The summed E-state index contributed by atoms with van der Waals surface area (Å²) in [5, 5.41) is 13.7. The molecule has 3 aromatic rings. The number of benzene rings is 1. The first-order valence-corrected chi connectivity index (χ1v) is 15.2. The van der Waals surface area contributed by atoms with E-state index in [9.17, 15) is 9.90 Å². The fourth-order valence-electron chi connectivity index (χ4n) is 6.49. The molecule has 0 unspecified atom stereocenters. The molecule has 1 saturated heterocycles. The largest absolute Gasteiger partial charge is 0.488 e. The van der Waals surface area contributed by atoms with Crippen LogP contribution >= 0.6 is 0 Å². The van der Waals surface area contributed by atoms with Crippen molar-refractivity contribution in [2.75, 3.05) is 33.4 Å². The lowest BCUT2D eigenvalue weighted by Crippen LogP contribution is -2.34. The maximum Gasteiger partial charge on any atom is 0.342 e. The van der Waals surface area contributed by atoms with Crippen LogP contribution < -0.4 is 4.74 Å². The van der Waals surface area contributed by atoms with Gasteiger partial charge in [-0.05, 0) is 92.3 Å². The van der Waals surface area contributed by atoms with Gasteiger partial charge in [-0.15, -0.1) is 0 Å². The van der Waals surface area contributed by atoms with E-state index in [1.165, 1.54) is 58.7 Å². The van der Waals surface area contributed by atoms with E-state index >= 15 is 0 Å². The first-order chi connectivity index (χ1) is 20.9. The maximum atomic E-state index is 11.6. The van der Waals surface area contributed by atoms with Crippen molar-refractivity contribution >= 4 is 11.5 Å². The maximum absolute atomic E-state index is 11.6. The number of hydrogen-bond acceptors (Lipinski definition) is 7. The summed E-state index contributed by atoms with van der Waals surface area (Å²) in [7, 11) is 1.43. The van der Waals surface area contributed by atoms with Crippen LogP contribution in [-0.4, -0.2) is 70.2 Å². The minimum Gasteiger partial charge on any atom is -0.488 e. The first kappa shape index (κ1) is 29.1. The van der Waals surface area contributed by atoms with Gasteiger partial charge in [0.05, 0.1) is 25.1 Å². The zero-order valence-corrected chi connectivity index (χ0v) is 25.3. The molecule has 1 fully saturated rings. The Labute approximate surface area is 252 Å². The van der Waals surface area contributed by atoms with Crippen molar-refractivity contribution in [1.82, 2.24) is 19.7 Å². The van der Waals surface area contributed by atoms with Crippen LogP contribution in [0.1, 0.15) is 70.9 Å². The van der Waals surface area contributed by atoms with E-state index in [2.05, 4.69) is 42.1 Å². The highest BCUT2D eigenvalue weighted by atomic mass is 16.5. The van der Waals surface area contributed by atoms with Crippen molar-refractivity contribution in [2.24, 2.45) is 0 Å². The van der Waals surface area contributed by atoms with Gasteiger partial charge in [0.25, 0.3) is 0 Å². The second kappa shape index (κ2) is 12.7. The van der Waals surface area contributed by atoms with Gasteiger partial charge in [0.15, 0.2) is 5.82 Å². The summed E-state index contributed by atoms with van der Waals surface area (Å²) in [6.45, 7) is 8.92. The molecule has 43 heavy (non-hydrogen) atoms. The molecular weight excluding hydrogens is 544 g/mol. The quantitative estimate of drug-likeness (QED) is 0.351. The molecule has 2 aliphatic heterocycles. The van der Waals surface area contributed by atoms with Gasteiger partial charge in [0, 0.05) is 31.8 Å². The van der Waals surface area contributed by atoms with Crippen LogP contribution in [-0.2, 0) is 28.9 Å². The van der Waals surface area contributed by atoms with Crippen LogP contribution in [0, 0.1) is 6.92 Å². The molecule has 1 atom stereocenters. The molecule has 6 rings (SSSR count). The van der Waals surface area contributed by atoms with Gasteiger partial charge >= 0.3 is 5.97 Å². The van der Waals surface area contributed by atoms with Crippen LogP contribution in [0.4, 0.5) is 0 Å². The third-order valence-electron chi connectivity index (χ3n) is 8.92. The molecule has 9 nitrogen and oxygen atoms in total. The molecule has 1 aliphatic carbocycles. The van der Waals surface area contributed by atoms with E-state index in [0.29, 0.717) is 18.5 Å². The fraction of sp³-hybridized carbons (Fsp3) is 0.441. The van der Waals surface area contributed by atoms with E-state index in [-0.39, 0.29) is 11.4 Å². The number of rotatable bonds is 9. The molecule has 226 valence electrons. The molecule has 1 aromatic carbocycles. The third-order valence-corrected chi connectivity index (χ3v) is 8.92. The molecule has 3 aliphatic rings. The SMILES string of the molecule is COc1c(C(=O)O)cnn1-c1cccc(C2=CCCC(C)=C2OCc2ccc3c(c2C)CCN(C[C@H]2CCCO2)CC3)n1. The van der Waals surface area contributed by atoms with Crippen LogP contribution in [0.3, 0.4) is 0 Å². The number of fused-ring (bicyclic) bond motifs is 1. The van der Waals surface area contributed by atoms with Crippen molar-refractivity contribution in [1.29, 1.82) is 0 Å². The Hall–Kier alpha value is -3.95. The average molecular weight is 585 g/mol. The van der Waals surface area contributed by atoms with Crippen LogP contribution in [0.25, 0.3) is 11.4 Å². The standard InChI is InChI=1S/C34H40N4O5/c1-22-7-4-9-28(30-10-5-11-31(36-30)38-33(41-3)29(19-35-38)34(39)40)32(22)43-21-25-13-12-24-14-16-37(17-15-27(24)23(25)2)20-26-8-6-18-42-26/h5,9-13,19,26H,4,6-8,14-18,20-21H2,1-3H3,(H,39,40)/t26-/m1/s1. The number of ether oxygens (including phenoxy) is 3. The summed E-state index contributed by atoms with van der Waals surface area (Å²) in [4.78, 5) is 19.0. The highest BCUT2D eigenvalue weighted by molar-refractivity contribution is 5.90. The van der Waals surface area contributed by atoms with Crippen LogP contribution in [0.5, 0.6) is 5.88 Å². The molecular formula is C34H40N4O5. The number of methoxy groups -OCH3 is 1. The molecule has 1 N–H and O–H groups in total. The number of nitrogens with zero attached hydrogens (tertiary/aromatic N) is 4. The second-order valence-corrected chi connectivity index (χ2v) is 11.6. The van der Waals surface area contributed by atoms with E-state index in [1.54, 1.807) is 6.07 Å². The highest BCUT2D eigenvalue weighted by Gasteiger charge is 2.24. The Morgan fingerprint density at radius 1 is 1.14 bits per heavy atom. The normalized spacial score (nSPS) is 19.1. The van der Waals surface area contributed by atoms with Gasteiger partial charge in [-0.3, -0.25) is 0 Å². The topological polar surface area (TPSA) is 98.9 Å². The molecule has 0 radical (unpaired) electrons. The molecule has 0 saturated carbocycles. The zero-order valence-electron chi connectivity index (χ0n) is 25.3. The lowest BCUT2D eigenvalue weighted by molar-refractivity contribution is 0.0693. The number of carbonyl (C=O) groups is 1. The highest BCUT2D eigenvalue weighted by Crippen LogP contribution is 2.34. The summed E-state index contributed by atoms with van der Waals surface area (Å²) >= 11 is 0. The van der Waals surface area contributed by atoms with Gasteiger partial charge in [-0.1, -0.05) is 24.3 Å². The number of pyridine rings is 1. The van der Waals surface area contributed by atoms with E-state index in [1.807, 2.05) is 12.1 Å². The Morgan fingerprint density at radius 2 is 2.00 bits per heavy atom. The van der Waals surface area contributed by atoms with Crippen molar-refractivity contribution in [2.45, 2.75) is 65.1 Å². The molecule has 2 aromatic heterocycles. The third kappa shape index (κ3) is 6.10. The van der Waals surface area contributed by atoms with Crippen molar-refractivity contribution in [3.8, 4) is 11.7 Å². The number of hydrogen-bond donors (Lipinski definition) is 1. The predicted molar refractivity (Wildman–Crippen MR) is 164 cm³/mol. The Balaban J connectivity index is 1.19. The Bertz CT molecular complexity index is 1570. The zero-order chi connectivity index (χ0) is 29.9.